The van der Waals surface area contributed by atoms with Crippen LogP contribution in [0.5, 0.6) is 0 Å². The molecule has 1 atom stereocenters. The molecule has 28 heavy (non-hydrogen) atoms. The first-order chi connectivity index (χ1) is 13.8. The number of pyridine rings is 1. The molecule has 1 fully saturated rings. The van der Waals surface area contributed by atoms with Gasteiger partial charge in [-0.3, -0.25) is 14.7 Å². The van der Waals surface area contributed by atoms with Crippen molar-refractivity contribution < 1.29 is 4.79 Å². The van der Waals surface area contributed by atoms with Crippen molar-refractivity contribution in [2.24, 2.45) is 0 Å². The van der Waals surface area contributed by atoms with E-state index in [0.717, 1.165) is 38.0 Å². The summed E-state index contributed by atoms with van der Waals surface area (Å²) in [7, 11) is 0. The molecule has 6 heteroatoms. The van der Waals surface area contributed by atoms with E-state index < -0.39 is 0 Å². The Kier molecular flexibility index (Phi) is 5.68. The van der Waals surface area contributed by atoms with Gasteiger partial charge in [-0.25, -0.2) is 9.97 Å². The number of carbonyl (C=O) groups excluding carboxylic acids is 1. The second kappa shape index (κ2) is 8.71. The molecule has 1 N–H and O–H groups in total. The minimum absolute atomic E-state index is 0.118. The number of aromatic nitrogens is 3. The van der Waals surface area contributed by atoms with Crippen LogP contribution >= 0.6 is 0 Å². The lowest BCUT2D eigenvalue weighted by Gasteiger charge is -2.33. The second-order valence-corrected chi connectivity index (χ2v) is 7.06. The molecule has 1 aliphatic heterocycles. The van der Waals surface area contributed by atoms with Crippen LogP contribution in [0.1, 0.15) is 28.8 Å². The third-order valence-corrected chi connectivity index (χ3v) is 4.94. The zero-order valence-electron chi connectivity index (χ0n) is 15.7. The van der Waals surface area contributed by atoms with E-state index in [1.807, 2.05) is 18.2 Å². The van der Waals surface area contributed by atoms with Crippen LogP contribution in [0.3, 0.4) is 0 Å². The van der Waals surface area contributed by atoms with Gasteiger partial charge >= 0.3 is 0 Å². The van der Waals surface area contributed by atoms with Crippen LogP contribution in [-0.4, -0.2) is 44.9 Å². The van der Waals surface area contributed by atoms with Crippen LogP contribution in [0.15, 0.2) is 67.3 Å². The number of carbonyl (C=O) groups is 1. The van der Waals surface area contributed by atoms with Crippen molar-refractivity contribution in [2.75, 3.05) is 13.1 Å². The first-order valence-corrected chi connectivity index (χ1v) is 9.57. The van der Waals surface area contributed by atoms with E-state index in [9.17, 15) is 4.79 Å². The van der Waals surface area contributed by atoms with Crippen molar-refractivity contribution in [3.8, 4) is 11.4 Å². The smallest absolute Gasteiger partial charge is 0.254 e. The molecule has 2 aromatic heterocycles. The predicted octanol–water partition coefficient (Wildman–Crippen LogP) is 2.93. The Morgan fingerprint density at radius 1 is 1.07 bits per heavy atom. The molecule has 142 valence electrons. The molecule has 1 aromatic carbocycles. The van der Waals surface area contributed by atoms with Crippen LogP contribution in [0.25, 0.3) is 11.4 Å². The lowest BCUT2D eigenvalue weighted by Crippen LogP contribution is -2.47. The summed E-state index contributed by atoms with van der Waals surface area (Å²) < 4.78 is 0. The number of hydrogen-bond acceptors (Lipinski definition) is 5. The van der Waals surface area contributed by atoms with Crippen molar-refractivity contribution in [1.82, 2.24) is 25.2 Å². The Morgan fingerprint density at radius 2 is 1.82 bits per heavy atom. The van der Waals surface area contributed by atoms with Crippen LogP contribution < -0.4 is 5.32 Å². The van der Waals surface area contributed by atoms with Gasteiger partial charge in [-0.1, -0.05) is 30.3 Å². The summed E-state index contributed by atoms with van der Waals surface area (Å²) in [4.78, 5) is 27.6. The van der Waals surface area contributed by atoms with Crippen molar-refractivity contribution in [2.45, 2.75) is 25.4 Å². The van der Waals surface area contributed by atoms with E-state index in [2.05, 4.69) is 49.4 Å². The zero-order valence-corrected chi connectivity index (χ0v) is 15.7. The van der Waals surface area contributed by atoms with Gasteiger partial charge < -0.3 is 5.32 Å². The average Bonchev–Trinajstić information content (AvgIpc) is 2.75. The molecule has 0 spiro atoms. The molecule has 3 aromatic rings. The maximum Gasteiger partial charge on any atom is 0.254 e. The Morgan fingerprint density at radius 3 is 2.57 bits per heavy atom. The molecule has 0 saturated carbocycles. The highest BCUT2D eigenvalue weighted by molar-refractivity contribution is 5.93. The molecular weight excluding hydrogens is 350 g/mol. The third kappa shape index (κ3) is 4.58. The monoisotopic (exact) mass is 373 g/mol. The minimum atomic E-state index is -0.118. The van der Waals surface area contributed by atoms with Gasteiger partial charge in [0.15, 0.2) is 5.82 Å². The number of benzene rings is 1. The van der Waals surface area contributed by atoms with Crippen molar-refractivity contribution >= 4 is 5.91 Å². The molecule has 1 unspecified atom stereocenters. The SMILES string of the molecule is O=C(NC1CCCN(Cc2ccccc2)C1)c1cnc(-c2ccncc2)nc1. The lowest BCUT2D eigenvalue weighted by atomic mass is 10.0. The Bertz CT molecular complexity index is 899. The molecule has 6 nitrogen and oxygen atoms in total. The molecule has 4 rings (SSSR count). The van der Waals surface area contributed by atoms with Crippen molar-refractivity contribution in [1.29, 1.82) is 0 Å². The molecule has 1 saturated heterocycles. The topological polar surface area (TPSA) is 71.0 Å². The largest absolute Gasteiger partial charge is 0.348 e. The molecule has 3 heterocycles. The molecule has 0 radical (unpaired) electrons. The normalized spacial score (nSPS) is 17.2. The molecule has 1 aliphatic rings. The van der Waals surface area contributed by atoms with Gasteiger partial charge in [-0.15, -0.1) is 0 Å². The fourth-order valence-corrected chi connectivity index (χ4v) is 3.52. The van der Waals surface area contributed by atoms with E-state index in [1.54, 1.807) is 24.8 Å². The Labute approximate surface area is 164 Å². The standard InChI is InChI=1S/C22H23N5O/c28-22(19-13-24-21(25-14-19)18-8-10-23-11-9-18)26-20-7-4-12-27(16-20)15-17-5-2-1-3-6-17/h1-3,5-6,8-11,13-14,20H,4,7,12,15-16H2,(H,26,28). The highest BCUT2D eigenvalue weighted by Gasteiger charge is 2.22. The maximum absolute atomic E-state index is 12.6. The lowest BCUT2D eigenvalue weighted by molar-refractivity contribution is 0.0900. The van der Waals surface area contributed by atoms with Gasteiger partial charge in [0.25, 0.3) is 5.91 Å². The number of likely N-dealkylation sites (tertiary alicyclic amines) is 1. The fourth-order valence-electron chi connectivity index (χ4n) is 3.52. The zero-order chi connectivity index (χ0) is 19.2. The van der Waals surface area contributed by atoms with Gasteiger partial charge in [-0.05, 0) is 37.1 Å². The summed E-state index contributed by atoms with van der Waals surface area (Å²) in [6.45, 7) is 2.83. The fraction of sp³-hybridized carbons (Fsp3) is 0.273. The van der Waals surface area contributed by atoms with Crippen LogP contribution in [0.4, 0.5) is 0 Å². The first-order valence-electron chi connectivity index (χ1n) is 9.57. The Hall–Kier alpha value is -3.12. The van der Waals surface area contributed by atoms with Gasteiger partial charge in [0, 0.05) is 49.5 Å². The second-order valence-electron chi connectivity index (χ2n) is 7.06. The van der Waals surface area contributed by atoms with E-state index in [0.29, 0.717) is 11.4 Å². The number of hydrogen-bond donors (Lipinski definition) is 1. The summed E-state index contributed by atoms with van der Waals surface area (Å²) >= 11 is 0. The van der Waals surface area contributed by atoms with E-state index >= 15 is 0 Å². The maximum atomic E-state index is 12.6. The van der Waals surface area contributed by atoms with Crippen LogP contribution in [0.2, 0.25) is 0 Å². The minimum Gasteiger partial charge on any atom is -0.348 e. The van der Waals surface area contributed by atoms with Gasteiger partial charge in [0.2, 0.25) is 0 Å². The highest BCUT2D eigenvalue weighted by atomic mass is 16.1. The van der Waals surface area contributed by atoms with E-state index in [1.165, 1.54) is 5.56 Å². The first kappa shape index (κ1) is 18.3. The molecular formula is C22H23N5O. The number of nitrogens with one attached hydrogen (secondary N) is 1. The summed E-state index contributed by atoms with van der Waals surface area (Å²) in [5, 5.41) is 3.14. The van der Waals surface area contributed by atoms with Crippen LogP contribution in [-0.2, 0) is 6.54 Å². The van der Waals surface area contributed by atoms with Gasteiger partial charge in [-0.2, -0.15) is 0 Å². The number of nitrogens with zero attached hydrogens (tertiary/aromatic N) is 4. The van der Waals surface area contributed by atoms with Gasteiger partial charge in [0.05, 0.1) is 5.56 Å². The number of rotatable bonds is 5. The van der Waals surface area contributed by atoms with Crippen LogP contribution in [0, 0.1) is 0 Å². The summed E-state index contributed by atoms with van der Waals surface area (Å²) in [6, 6.07) is 14.3. The number of amides is 1. The third-order valence-electron chi connectivity index (χ3n) is 4.94. The quantitative estimate of drug-likeness (QED) is 0.745. The predicted molar refractivity (Wildman–Crippen MR) is 107 cm³/mol. The average molecular weight is 373 g/mol. The summed E-state index contributed by atoms with van der Waals surface area (Å²) in [6.07, 6.45) is 8.64. The summed E-state index contributed by atoms with van der Waals surface area (Å²) in [5.74, 6) is 0.471. The molecule has 0 aliphatic carbocycles. The van der Waals surface area contributed by atoms with Gasteiger partial charge in [0.1, 0.15) is 0 Å². The number of piperidine rings is 1. The highest BCUT2D eigenvalue weighted by Crippen LogP contribution is 2.15. The van der Waals surface area contributed by atoms with E-state index in [-0.39, 0.29) is 11.9 Å². The Balaban J connectivity index is 1.35. The van der Waals surface area contributed by atoms with Crippen molar-refractivity contribution in [3.63, 3.8) is 0 Å². The van der Waals surface area contributed by atoms with E-state index in [4.69, 9.17) is 0 Å². The summed E-state index contributed by atoms with van der Waals surface area (Å²) in [5.41, 5.74) is 2.67. The molecule has 1 amide bonds. The van der Waals surface area contributed by atoms with Crippen molar-refractivity contribution in [3.05, 3.63) is 78.4 Å². The molecule has 0 bridgehead atoms.